The third-order valence-corrected chi connectivity index (χ3v) is 11.2. The van der Waals surface area contributed by atoms with Crippen LogP contribution in [-0.2, 0) is 5.41 Å². The highest BCUT2D eigenvalue weighted by molar-refractivity contribution is 7.36. The molecule has 4 aromatic rings. The Hall–Kier alpha value is -3.38. The molecule has 0 bridgehead atoms. The molecule has 2 aliphatic carbocycles. The quantitative estimate of drug-likeness (QED) is 0.255. The minimum absolute atomic E-state index is 0.0579. The molecule has 10 heteroatoms. The molecular formula is C24H12N6S4. The van der Waals surface area contributed by atoms with Crippen LogP contribution in [0.4, 0.5) is 10.0 Å². The fourth-order valence-electron chi connectivity index (χ4n) is 5.20. The van der Waals surface area contributed by atoms with Crippen LogP contribution in [0.15, 0.2) is 22.1 Å². The summed E-state index contributed by atoms with van der Waals surface area (Å²) in [5.41, 5.74) is 2.48. The van der Waals surface area contributed by atoms with E-state index in [1.807, 2.05) is 36.4 Å². The largest absolute Gasteiger partial charge is 0.219 e. The maximum Gasteiger partial charge on any atom is 0.219 e. The van der Waals surface area contributed by atoms with Gasteiger partial charge in [-0.1, -0.05) is 19.3 Å². The maximum absolute atomic E-state index is 9.11. The lowest BCUT2D eigenvalue weighted by molar-refractivity contribution is 0.358. The van der Waals surface area contributed by atoms with Crippen molar-refractivity contribution in [2.45, 2.75) is 37.5 Å². The van der Waals surface area contributed by atoms with Crippen molar-refractivity contribution in [2.24, 2.45) is 9.98 Å². The summed E-state index contributed by atoms with van der Waals surface area (Å²) in [6, 6.07) is 11.4. The molecule has 1 saturated carbocycles. The van der Waals surface area contributed by atoms with E-state index in [4.69, 9.17) is 21.0 Å². The lowest BCUT2D eigenvalue weighted by atomic mass is 9.68. The average molecular weight is 513 g/mol. The van der Waals surface area contributed by atoms with E-state index in [0.29, 0.717) is 10.0 Å². The van der Waals surface area contributed by atoms with Gasteiger partial charge in [0.05, 0.1) is 19.2 Å². The van der Waals surface area contributed by atoms with Gasteiger partial charge in [0.25, 0.3) is 0 Å². The van der Waals surface area contributed by atoms with Crippen LogP contribution in [0.3, 0.4) is 0 Å². The van der Waals surface area contributed by atoms with Gasteiger partial charge in [0.15, 0.2) is 0 Å². The number of nitriles is 4. The van der Waals surface area contributed by atoms with Gasteiger partial charge < -0.3 is 0 Å². The second kappa shape index (κ2) is 7.84. The number of nitrogens with zero attached hydrogens (tertiary/aromatic N) is 6. The molecule has 2 aliphatic rings. The first kappa shape index (κ1) is 21.2. The van der Waals surface area contributed by atoms with Gasteiger partial charge in [0.1, 0.15) is 34.3 Å². The van der Waals surface area contributed by atoms with Gasteiger partial charge in [0.2, 0.25) is 11.4 Å². The molecule has 0 amide bonds. The lowest BCUT2D eigenvalue weighted by Gasteiger charge is -2.35. The molecule has 1 fully saturated rings. The first-order valence-corrected chi connectivity index (χ1v) is 13.8. The van der Waals surface area contributed by atoms with E-state index in [0.717, 1.165) is 22.2 Å². The first-order chi connectivity index (χ1) is 16.6. The van der Waals surface area contributed by atoms with Gasteiger partial charge in [-0.25, -0.2) is 9.98 Å². The molecule has 34 heavy (non-hydrogen) atoms. The number of hydrogen-bond donors (Lipinski definition) is 0. The van der Waals surface area contributed by atoms with Crippen LogP contribution in [-0.4, -0.2) is 11.4 Å². The molecule has 0 unspecified atom stereocenters. The second-order valence-corrected chi connectivity index (χ2v) is 12.3. The zero-order valence-corrected chi connectivity index (χ0v) is 20.8. The predicted molar refractivity (Wildman–Crippen MR) is 139 cm³/mol. The second-order valence-electron chi connectivity index (χ2n) is 8.18. The van der Waals surface area contributed by atoms with Crippen molar-refractivity contribution in [1.29, 1.82) is 21.0 Å². The van der Waals surface area contributed by atoms with E-state index in [1.165, 1.54) is 49.5 Å². The van der Waals surface area contributed by atoms with Gasteiger partial charge >= 0.3 is 0 Å². The molecular weight excluding hydrogens is 501 g/mol. The summed E-state index contributed by atoms with van der Waals surface area (Å²) in [6.07, 6.45) is 5.73. The van der Waals surface area contributed by atoms with Crippen molar-refractivity contribution >= 4 is 85.6 Å². The molecule has 4 aromatic heterocycles. The van der Waals surface area contributed by atoms with E-state index < -0.39 is 0 Å². The van der Waals surface area contributed by atoms with Crippen molar-refractivity contribution in [3.05, 3.63) is 23.3 Å². The molecule has 0 radical (unpaired) electrons. The third kappa shape index (κ3) is 2.91. The van der Waals surface area contributed by atoms with Crippen LogP contribution in [0.5, 0.6) is 0 Å². The minimum atomic E-state index is -0.125. The van der Waals surface area contributed by atoms with E-state index in [1.54, 1.807) is 45.3 Å². The highest BCUT2D eigenvalue weighted by Crippen LogP contribution is 2.66. The van der Waals surface area contributed by atoms with Gasteiger partial charge in [-0.3, -0.25) is 0 Å². The van der Waals surface area contributed by atoms with Crippen LogP contribution in [0.2, 0.25) is 0 Å². The summed E-state index contributed by atoms with van der Waals surface area (Å²) in [7, 11) is 0. The molecule has 0 aromatic carbocycles. The molecule has 0 N–H and O–H groups in total. The van der Waals surface area contributed by atoms with Crippen molar-refractivity contribution in [3.8, 4) is 34.0 Å². The summed E-state index contributed by atoms with van der Waals surface area (Å²) >= 11 is 6.69. The highest BCUT2D eigenvalue weighted by Gasteiger charge is 2.49. The van der Waals surface area contributed by atoms with Crippen LogP contribution < -0.4 is 0 Å². The fourth-order valence-corrected chi connectivity index (χ4v) is 10.8. The van der Waals surface area contributed by atoms with Crippen molar-refractivity contribution < 1.29 is 0 Å². The topological polar surface area (TPSA) is 120 Å². The molecule has 0 atom stereocenters. The summed E-state index contributed by atoms with van der Waals surface area (Å²) in [5, 5.41) is 37.8. The van der Waals surface area contributed by atoms with Crippen LogP contribution >= 0.6 is 45.3 Å². The lowest BCUT2D eigenvalue weighted by Crippen LogP contribution is -2.27. The van der Waals surface area contributed by atoms with Gasteiger partial charge in [-0.05, 0) is 25.0 Å². The monoisotopic (exact) mass is 512 g/mol. The zero-order chi connectivity index (χ0) is 23.4. The summed E-state index contributed by atoms with van der Waals surface area (Å²) in [5.74, 6) is 0. The minimum Gasteiger partial charge on any atom is -0.216 e. The van der Waals surface area contributed by atoms with Crippen LogP contribution in [0, 0.1) is 45.3 Å². The van der Waals surface area contributed by atoms with E-state index in [2.05, 4.69) is 9.98 Å². The van der Waals surface area contributed by atoms with Gasteiger partial charge in [0, 0.05) is 25.9 Å². The Morgan fingerprint density at radius 3 is 1.53 bits per heavy atom. The Kier molecular flexibility index (Phi) is 4.88. The fraction of sp³-hybridized carbons (Fsp3) is 0.250. The third-order valence-electron chi connectivity index (χ3n) is 6.44. The molecule has 6 rings (SSSR count). The Labute approximate surface area is 210 Å². The van der Waals surface area contributed by atoms with Crippen molar-refractivity contribution in [2.75, 3.05) is 0 Å². The van der Waals surface area contributed by atoms with Gasteiger partial charge in [-0.15, -0.1) is 45.3 Å². The van der Waals surface area contributed by atoms with Gasteiger partial charge in [-0.2, -0.15) is 21.0 Å². The summed E-state index contributed by atoms with van der Waals surface area (Å²) in [6.45, 7) is 0. The smallest absolute Gasteiger partial charge is 0.216 e. The Balaban J connectivity index is 1.57. The zero-order valence-electron chi connectivity index (χ0n) is 17.5. The normalized spacial score (nSPS) is 15.2. The molecule has 1 spiro atoms. The SMILES string of the molecule is N#CC(C#N)=Nc1cc2sc3c(c2s1)C1(CCCCC1)c1c-3sc2cc(N=C(C#N)C#N)sc12. The number of rotatable bonds is 2. The maximum atomic E-state index is 9.11. The molecule has 0 aliphatic heterocycles. The molecule has 6 nitrogen and oxygen atoms in total. The van der Waals surface area contributed by atoms with E-state index >= 15 is 0 Å². The van der Waals surface area contributed by atoms with Crippen molar-refractivity contribution in [1.82, 2.24) is 0 Å². The number of thiophene rings is 4. The highest BCUT2D eigenvalue weighted by atomic mass is 32.1. The Morgan fingerprint density at radius 1 is 0.676 bits per heavy atom. The van der Waals surface area contributed by atoms with E-state index in [-0.39, 0.29) is 16.8 Å². The van der Waals surface area contributed by atoms with Crippen LogP contribution in [0.1, 0.15) is 43.2 Å². The number of aliphatic imine (C=N–C) groups is 2. The molecule has 4 heterocycles. The summed E-state index contributed by atoms with van der Waals surface area (Å²) in [4.78, 5) is 11.2. The number of hydrogen-bond acceptors (Lipinski definition) is 10. The van der Waals surface area contributed by atoms with Crippen molar-refractivity contribution in [3.63, 3.8) is 0 Å². The molecule has 162 valence electrons. The summed E-state index contributed by atoms with van der Waals surface area (Å²) < 4.78 is 4.76. The Bertz CT molecular complexity index is 1580. The standard InChI is InChI=1S/C24H12N6S4/c25-8-12(9-26)29-16-6-14-20(33-16)18-22(31-14)23-19(24(18)4-2-1-3-5-24)21-15(32-23)7-17(34-21)30-13(10-27)11-28/h6-7H,1-5H2. The van der Waals surface area contributed by atoms with E-state index in [9.17, 15) is 0 Å². The Morgan fingerprint density at radius 2 is 1.12 bits per heavy atom. The average Bonchev–Trinajstić information content (AvgIpc) is 3.61. The molecule has 0 saturated heterocycles. The predicted octanol–water partition coefficient (Wildman–Crippen LogP) is 7.71. The van der Waals surface area contributed by atoms with Crippen LogP contribution in [0.25, 0.3) is 28.6 Å². The number of fused-ring (bicyclic) bond motifs is 9. The first-order valence-electron chi connectivity index (χ1n) is 10.5.